The SMILES string of the molecule is CCn1ncnc1CSc1ccnc(C(=O)O)c1. The highest BCUT2D eigenvalue weighted by Gasteiger charge is 2.07. The highest BCUT2D eigenvalue weighted by atomic mass is 32.2. The number of carbonyl (C=O) groups is 1. The van der Waals surface area contributed by atoms with Gasteiger partial charge in [-0.1, -0.05) is 0 Å². The zero-order valence-electron chi connectivity index (χ0n) is 9.78. The molecule has 0 saturated heterocycles. The van der Waals surface area contributed by atoms with Crippen molar-refractivity contribution in [1.82, 2.24) is 19.7 Å². The zero-order valence-corrected chi connectivity index (χ0v) is 10.6. The average Bonchev–Trinajstić information content (AvgIpc) is 2.84. The van der Waals surface area contributed by atoms with E-state index in [0.29, 0.717) is 5.75 Å². The summed E-state index contributed by atoms with van der Waals surface area (Å²) in [5.74, 6) is 0.502. The summed E-state index contributed by atoms with van der Waals surface area (Å²) in [4.78, 5) is 19.6. The Bertz CT molecular complexity index is 555. The van der Waals surface area contributed by atoms with Gasteiger partial charge >= 0.3 is 5.97 Å². The van der Waals surface area contributed by atoms with E-state index >= 15 is 0 Å². The number of aromatic nitrogens is 4. The fourth-order valence-corrected chi connectivity index (χ4v) is 2.30. The molecule has 0 unspecified atom stereocenters. The minimum Gasteiger partial charge on any atom is -0.477 e. The van der Waals surface area contributed by atoms with Crippen LogP contribution in [-0.4, -0.2) is 30.8 Å². The quantitative estimate of drug-likeness (QED) is 0.827. The van der Waals surface area contributed by atoms with Gasteiger partial charge in [0.25, 0.3) is 0 Å². The fraction of sp³-hybridized carbons (Fsp3) is 0.273. The number of hydrogen-bond donors (Lipinski definition) is 1. The van der Waals surface area contributed by atoms with Crippen LogP contribution in [-0.2, 0) is 12.3 Å². The molecule has 0 spiro atoms. The maximum absolute atomic E-state index is 10.8. The molecule has 2 aromatic heterocycles. The summed E-state index contributed by atoms with van der Waals surface area (Å²) in [6.45, 7) is 2.77. The van der Waals surface area contributed by atoms with Crippen LogP contribution in [0.25, 0.3) is 0 Å². The fourth-order valence-electron chi connectivity index (χ4n) is 1.43. The maximum atomic E-state index is 10.8. The molecule has 1 N–H and O–H groups in total. The van der Waals surface area contributed by atoms with Gasteiger partial charge in [-0.05, 0) is 19.1 Å². The molecular weight excluding hydrogens is 252 g/mol. The molecule has 0 aromatic carbocycles. The van der Waals surface area contributed by atoms with Crippen LogP contribution in [0.3, 0.4) is 0 Å². The molecule has 2 rings (SSSR count). The molecule has 0 aliphatic heterocycles. The Labute approximate surface area is 108 Å². The largest absolute Gasteiger partial charge is 0.477 e. The molecule has 18 heavy (non-hydrogen) atoms. The summed E-state index contributed by atoms with van der Waals surface area (Å²) in [6, 6.07) is 3.34. The molecule has 7 heteroatoms. The van der Waals surface area contributed by atoms with Crippen molar-refractivity contribution in [3.05, 3.63) is 36.2 Å². The van der Waals surface area contributed by atoms with Gasteiger partial charge in [0.05, 0.1) is 5.75 Å². The molecule has 2 aromatic rings. The second-order valence-electron chi connectivity index (χ2n) is 3.46. The topological polar surface area (TPSA) is 80.9 Å². The number of aryl methyl sites for hydroxylation is 1. The van der Waals surface area contributed by atoms with Crippen molar-refractivity contribution in [3.8, 4) is 0 Å². The van der Waals surface area contributed by atoms with Crippen molar-refractivity contribution in [2.24, 2.45) is 0 Å². The van der Waals surface area contributed by atoms with Gasteiger partial charge in [0.15, 0.2) is 0 Å². The van der Waals surface area contributed by atoms with Crippen molar-refractivity contribution < 1.29 is 9.90 Å². The van der Waals surface area contributed by atoms with Crippen LogP contribution in [0.15, 0.2) is 29.6 Å². The number of hydrogen-bond acceptors (Lipinski definition) is 5. The van der Waals surface area contributed by atoms with Gasteiger partial charge in [-0.2, -0.15) is 5.10 Å². The van der Waals surface area contributed by atoms with Crippen molar-refractivity contribution in [2.45, 2.75) is 24.1 Å². The van der Waals surface area contributed by atoms with Crippen LogP contribution in [0.5, 0.6) is 0 Å². The molecule has 0 fully saturated rings. The van der Waals surface area contributed by atoms with Gasteiger partial charge < -0.3 is 5.11 Å². The molecule has 0 aliphatic carbocycles. The van der Waals surface area contributed by atoms with E-state index in [2.05, 4.69) is 15.1 Å². The molecular formula is C11H12N4O2S. The Hall–Kier alpha value is -1.89. The van der Waals surface area contributed by atoms with E-state index < -0.39 is 5.97 Å². The molecule has 6 nitrogen and oxygen atoms in total. The van der Waals surface area contributed by atoms with Gasteiger partial charge in [0.1, 0.15) is 17.8 Å². The highest BCUT2D eigenvalue weighted by molar-refractivity contribution is 7.98. The molecule has 0 radical (unpaired) electrons. The smallest absolute Gasteiger partial charge is 0.354 e. The van der Waals surface area contributed by atoms with Gasteiger partial charge in [-0.15, -0.1) is 11.8 Å². The Morgan fingerprint density at radius 3 is 3.06 bits per heavy atom. The monoisotopic (exact) mass is 264 g/mol. The molecule has 0 saturated carbocycles. The molecule has 0 amide bonds. The van der Waals surface area contributed by atoms with Crippen LogP contribution in [0.2, 0.25) is 0 Å². The number of rotatable bonds is 5. The zero-order chi connectivity index (χ0) is 13.0. The van der Waals surface area contributed by atoms with Gasteiger partial charge in [-0.3, -0.25) is 0 Å². The number of carboxylic acid groups (broad SMARTS) is 1. The Balaban J connectivity index is 2.06. The number of nitrogens with zero attached hydrogens (tertiary/aromatic N) is 4. The molecule has 0 bridgehead atoms. The molecule has 0 atom stereocenters. The first-order valence-electron chi connectivity index (χ1n) is 5.39. The second kappa shape index (κ2) is 5.63. The minimum absolute atomic E-state index is 0.0527. The van der Waals surface area contributed by atoms with Crippen molar-refractivity contribution in [1.29, 1.82) is 0 Å². The van der Waals surface area contributed by atoms with E-state index in [1.165, 1.54) is 24.3 Å². The van der Waals surface area contributed by atoms with E-state index in [1.54, 1.807) is 12.1 Å². The number of thioether (sulfide) groups is 1. The van der Waals surface area contributed by atoms with Crippen molar-refractivity contribution in [2.75, 3.05) is 0 Å². The van der Waals surface area contributed by atoms with Crippen LogP contribution < -0.4 is 0 Å². The second-order valence-corrected chi connectivity index (χ2v) is 4.51. The Morgan fingerprint density at radius 2 is 2.33 bits per heavy atom. The average molecular weight is 264 g/mol. The van der Waals surface area contributed by atoms with Crippen LogP contribution in [0, 0.1) is 0 Å². The lowest BCUT2D eigenvalue weighted by molar-refractivity contribution is 0.0690. The van der Waals surface area contributed by atoms with E-state index in [0.717, 1.165) is 17.3 Å². The van der Waals surface area contributed by atoms with Crippen molar-refractivity contribution >= 4 is 17.7 Å². The normalized spacial score (nSPS) is 10.5. The minimum atomic E-state index is -1.02. The summed E-state index contributed by atoms with van der Waals surface area (Å²) in [5.41, 5.74) is 0.0527. The Kier molecular flexibility index (Phi) is 3.93. The predicted molar refractivity (Wildman–Crippen MR) is 66.5 cm³/mol. The summed E-state index contributed by atoms with van der Waals surface area (Å²) in [7, 11) is 0. The standard InChI is InChI=1S/C11H12N4O2S/c1-2-15-10(13-7-14-15)6-18-8-3-4-12-9(5-8)11(16)17/h3-5,7H,2,6H2,1H3,(H,16,17). The van der Waals surface area contributed by atoms with E-state index in [4.69, 9.17) is 5.11 Å². The lowest BCUT2D eigenvalue weighted by Gasteiger charge is -2.03. The van der Waals surface area contributed by atoms with Crippen LogP contribution >= 0.6 is 11.8 Å². The van der Waals surface area contributed by atoms with Gasteiger partial charge in [-0.25, -0.2) is 19.4 Å². The lowest BCUT2D eigenvalue weighted by atomic mass is 10.3. The first kappa shape index (κ1) is 12.6. The first-order valence-corrected chi connectivity index (χ1v) is 6.38. The van der Waals surface area contributed by atoms with E-state index in [1.807, 2.05) is 11.6 Å². The summed E-state index contributed by atoms with van der Waals surface area (Å²) in [6.07, 6.45) is 3.02. The van der Waals surface area contributed by atoms with Gasteiger partial charge in [0.2, 0.25) is 0 Å². The Morgan fingerprint density at radius 1 is 1.50 bits per heavy atom. The third-order valence-electron chi connectivity index (χ3n) is 2.31. The summed E-state index contributed by atoms with van der Waals surface area (Å²) >= 11 is 1.51. The first-order chi connectivity index (χ1) is 8.70. The predicted octanol–water partition coefficient (Wildman–Crippen LogP) is 1.68. The van der Waals surface area contributed by atoms with E-state index in [-0.39, 0.29) is 5.69 Å². The summed E-state index contributed by atoms with van der Waals surface area (Å²) in [5, 5.41) is 12.9. The summed E-state index contributed by atoms with van der Waals surface area (Å²) < 4.78 is 1.81. The third kappa shape index (κ3) is 2.86. The van der Waals surface area contributed by atoms with Gasteiger partial charge in [0, 0.05) is 17.6 Å². The van der Waals surface area contributed by atoms with Crippen LogP contribution in [0.4, 0.5) is 0 Å². The highest BCUT2D eigenvalue weighted by Crippen LogP contribution is 2.21. The number of carboxylic acids is 1. The number of aromatic carboxylic acids is 1. The number of pyridine rings is 1. The molecule has 94 valence electrons. The molecule has 0 aliphatic rings. The van der Waals surface area contributed by atoms with Crippen molar-refractivity contribution in [3.63, 3.8) is 0 Å². The maximum Gasteiger partial charge on any atom is 0.354 e. The van der Waals surface area contributed by atoms with E-state index in [9.17, 15) is 4.79 Å². The van der Waals surface area contributed by atoms with Crippen LogP contribution in [0.1, 0.15) is 23.2 Å². The third-order valence-corrected chi connectivity index (χ3v) is 3.30. The molecule has 2 heterocycles. The lowest BCUT2D eigenvalue weighted by Crippen LogP contribution is -2.02.